The molecule has 28 heavy (non-hydrogen) atoms. The normalized spacial score (nSPS) is 16.2. The van der Waals surface area contributed by atoms with Crippen molar-refractivity contribution in [1.29, 1.82) is 0 Å². The van der Waals surface area contributed by atoms with Crippen molar-refractivity contribution in [2.75, 3.05) is 26.2 Å². The number of rotatable bonds is 8. The summed E-state index contributed by atoms with van der Waals surface area (Å²) in [7, 11) is 0. The maximum absolute atomic E-state index is 9.94. The Bertz CT molecular complexity index is 792. The van der Waals surface area contributed by atoms with Gasteiger partial charge in [0, 0.05) is 13.1 Å². The van der Waals surface area contributed by atoms with Gasteiger partial charge in [0.25, 0.3) is 0 Å². The third-order valence-corrected chi connectivity index (χ3v) is 5.86. The first-order chi connectivity index (χ1) is 13.5. The van der Waals surface area contributed by atoms with Crippen LogP contribution in [0.3, 0.4) is 0 Å². The molecule has 0 radical (unpaired) electrons. The Kier molecular flexibility index (Phi) is 7.33. The number of nitrogens with zero attached hydrogens (tertiary/aromatic N) is 1. The van der Waals surface area contributed by atoms with Crippen LogP contribution in [-0.4, -0.2) is 41.4 Å². The number of aryl methyl sites for hydroxylation is 1. The van der Waals surface area contributed by atoms with Crippen molar-refractivity contribution in [3.8, 4) is 17.2 Å². The average Bonchev–Trinajstić information content (AvgIpc) is 2.66. The van der Waals surface area contributed by atoms with Crippen molar-refractivity contribution in [1.82, 2.24) is 4.90 Å². The predicted octanol–water partition coefficient (Wildman–Crippen LogP) is 5.62. The molecule has 0 saturated carbocycles. The van der Waals surface area contributed by atoms with E-state index >= 15 is 0 Å². The van der Waals surface area contributed by atoms with E-state index < -0.39 is 0 Å². The van der Waals surface area contributed by atoms with E-state index in [9.17, 15) is 10.2 Å². The minimum absolute atomic E-state index is 0.0326. The van der Waals surface area contributed by atoms with Gasteiger partial charge in [-0.05, 0) is 73.5 Å². The fourth-order valence-electron chi connectivity index (χ4n) is 3.94. The lowest BCUT2D eigenvalue weighted by Crippen LogP contribution is -2.34. The molecule has 2 aromatic rings. The minimum Gasteiger partial charge on any atom is -0.504 e. The fourth-order valence-corrected chi connectivity index (χ4v) is 4.44. The molecular weight excluding hydrogens is 397 g/mol. The first-order valence-corrected chi connectivity index (χ1v) is 10.6. The second-order valence-corrected chi connectivity index (χ2v) is 8.14. The molecule has 3 rings (SSSR count). The van der Waals surface area contributed by atoms with E-state index in [1.165, 1.54) is 0 Å². The van der Waals surface area contributed by atoms with E-state index in [1.54, 1.807) is 30.3 Å². The molecule has 0 fully saturated rings. The summed E-state index contributed by atoms with van der Waals surface area (Å²) >= 11 is 12.4. The van der Waals surface area contributed by atoms with Crippen LogP contribution < -0.4 is 4.74 Å². The monoisotopic (exact) mass is 423 g/mol. The van der Waals surface area contributed by atoms with E-state index in [4.69, 9.17) is 27.9 Å². The number of ether oxygens (including phenoxy) is 1. The Balaban J connectivity index is 1.65. The number of phenolic OH excluding ortho intramolecular Hbond substituents is 2. The van der Waals surface area contributed by atoms with Gasteiger partial charge in [-0.2, -0.15) is 0 Å². The molecule has 2 aromatic carbocycles. The number of fused-ring (bicyclic) bond motifs is 1. The van der Waals surface area contributed by atoms with Crippen molar-refractivity contribution in [2.45, 2.75) is 38.5 Å². The van der Waals surface area contributed by atoms with Crippen LogP contribution in [0, 0.1) is 0 Å². The molecule has 1 aliphatic carbocycles. The Morgan fingerprint density at radius 2 is 1.82 bits per heavy atom. The van der Waals surface area contributed by atoms with Gasteiger partial charge < -0.3 is 14.9 Å². The number of phenols is 2. The van der Waals surface area contributed by atoms with Gasteiger partial charge in [0.2, 0.25) is 0 Å². The highest BCUT2D eigenvalue weighted by molar-refractivity contribution is 6.37. The molecule has 0 heterocycles. The molecule has 6 heteroatoms. The lowest BCUT2D eigenvalue weighted by molar-refractivity contribution is 0.195. The van der Waals surface area contributed by atoms with E-state index in [1.807, 2.05) is 0 Å². The van der Waals surface area contributed by atoms with Gasteiger partial charge in [0.05, 0.1) is 10.0 Å². The molecule has 1 unspecified atom stereocenters. The van der Waals surface area contributed by atoms with Gasteiger partial charge in [-0.25, -0.2) is 0 Å². The fraction of sp³-hybridized carbons (Fsp3) is 0.455. The maximum Gasteiger partial charge on any atom is 0.157 e. The topological polar surface area (TPSA) is 52.9 Å². The van der Waals surface area contributed by atoms with Gasteiger partial charge in [-0.15, -0.1) is 0 Å². The Morgan fingerprint density at radius 1 is 1.11 bits per heavy atom. The number of halogens is 2. The van der Waals surface area contributed by atoms with Crippen molar-refractivity contribution in [3.63, 3.8) is 0 Å². The Labute approximate surface area is 176 Å². The predicted molar refractivity (Wildman–Crippen MR) is 114 cm³/mol. The van der Waals surface area contributed by atoms with Gasteiger partial charge in [-0.1, -0.05) is 36.2 Å². The summed E-state index contributed by atoms with van der Waals surface area (Å²) in [5.74, 6) is 0.801. The highest BCUT2D eigenvalue weighted by Crippen LogP contribution is 2.38. The zero-order valence-corrected chi connectivity index (χ0v) is 17.6. The van der Waals surface area contributed by atoms with E-state index in [0.717, 1.165) is 56.4 Å². The summed E-state index contributed by atoms with van der Waals surface area (Å²) in [5.41, 5.74) is 2.29. The van der Waals surface area contributed by atoms with Gasteiger partial charge in [0.15, 0.2) is 17.2 Å². The molecule has 4 nitrogen and oxygen atoms in total. The molecule has 1 atom stereocenters. The minimum atomic E-state index is -0.0376. The maximum atomic E-state index is 9.94. The zero-order valence-electron chi connectivity index (χ0n) is 16.1. The Morgan fingerprint density at radius 3 is 2.54 bits per heavy atom. The van der Waals surface area contributed by atoms with Crippen LogP contribution in [0.1, 0.15) is 43.2 Å². The lowest BCUT2D eigenvalue weighted by atomic mass is 9.82. The summed E-state index contributed by atoms with van der Waals surface area (Å²) in [4.78, 5) is 2.38. The van der Waals surface area contributed by atoms with Crippen LogP contribution in [0.15, 0.2) is 30.3 Å². The van der Waals surface area contributed by atoms with Gasteiger partial charge in [-0.3, -0.25) is 4.90 Å². The summed E-state index contributed by atoms with van der Waals surface area (Å²) in [6, 6.07) is 8.79. The summed E-state index contributed by atoms with van der Waals surface area (Å²) in [6.07, 6.45) is 4.16. The first-order valence-electron chi connectivity index (χ1n) is 9.83. The number of benzene rings is 2. The van der Waals surface area contributed by atoms with Crippen LogP contribution in [0.2, 0.25) is 10.0 Å². The highest BCUT2D eigenvalue weighted by atomic mass is 35.5. The first kappa shape index (κ1) is 21.1. The van der Waals surface area contributed by atoms with Crippen molar-refractivity contribution in [3.05, 3.63) is 51.5 Å². The van der Waals surface area contributed by atoms with Crippen molar-refractivity contribution >= 4 is 23.2 Å². The molecule has 0 aromatic heterocycles. The molecule has 0 bridgehead atoms. The number of hydrogen-bond acceptors (Lipinski definition) is 4. The third kappa shape index (κ3) is 5.05. The van der Waals surface area contributed by atoms with E-state index in [-0.39, 0.29) is 11.5 Å². The van der Waals surface area contributed by atoms with Crippen LogP contribution >= 0.6 is 23.2 Å². The molecule has 0 amide bonds. The zero-order chi connectivity index (χ0) is 20.1. The third-order valence-electron chi connectivity index (χ3n) is 5.27. The molecule has 1 aliphatic rings. The average molecular weight is 424 g/mol. The smallest absolute Gasteiger partial charge is 0.157 e. The number of hydrogen-bond donors (Lipinski definition) is 2. The van der Waals surface area contributed by atoms with Crippen molar-refractivity contribution < 1.29 is 14.9 Å². The number of para-hydroxylation sites is 1. The Hall–Kier alpha value is -1.62. The summed E-state index contributed by atoms with van der Waals surface area (Å²) in [6.45, 7) is 5.30. The summed E-state index contributed by atoms with van der Waals surface area (Å²) < 4.78 is 5.86. The summed E-state index contributed by atoms with van der Waals surface area (Å²) in [5, 5.41) is 20.8. The van der Waals surface area contributed by atoms with Crippen LogP contribution in [-0.2, 0) is 6.42 Å². The number of aromatic hydroxyl groups is 2. The van der Waals surface area contributed by atoms with Gasteiger partial charge in [0.1, 0.15) is 6.61 Å². The van der Waals surface area contributed by atoms with Crippen LogP contribution in [0.4, 0.5) is 0 Å². The SMILES string of the molecule is CCCN(CCOc1c(Cl)cccc1Cl)CC1CCCc2cc(O)c(O)cc21. The molecule has 0 saturated heterocycles. The molecule has 0 spiro atoms. The quantitative estimate of drug-likeness (QED) is 0.541. The van der Waals surface area contributed by atoms with E-state index in [2.05, 4.69) is 11.8 Å². The van der Waals surface area contributed by atoms with Crippen LogP contribution in [0.25, 0.3) is 0 Å². The molecular formula is C22H27Cl2NO3. The lowest BCUT2D eigenvalue weighted by Gasteiger charge is -2.31. The van der Waals surface area contributed by atoms with Crippen molar-refractivity contribution in [2.24, 2.45) is 0 Å². The highest BCUT2D eigenvalue weighted by Gasteiger charge is 2.24. The van der Waals surface area contributed by atoms with Crippen LogP contribution in [0.5, 0.6) is 17.2 Å². The largest absolute Gasteiger partial charge is 0.504 e. The second-order valence-electron chi connectivity index (χ2n) is 7.33. The van der Waals surface area contributed by atoms with Gasteiger partial charge >= 0.3 is 0 Å². The standard InChI is InChI=1S/C22H27Cl2NO3/c1-2-9-25(10-11-28-22-18(23)7-4-8-19(22)24)14-16-6-3-5-15-12-20(26)21(27)13-17(15)16/h4,7-8,12-13,16,26-27H,2-3,5-6,9-11,14H2,1H3. The molecule has 0 aliphatic heterocycles. The molecule has 152 valence electrons. The molecule has 2 N–H and O–H groups in total. The second kappa shape index (κ2) is 9.73. The van der Waals surface area contributed by atoms with E-state index in [0.29, 0.717) is 28.3 Å².